The van der Waals surface area contributed by atoms with Crippen molar-refractivity contribution in [1.29, 1.82) is 0 Å². The van der Waals surface area contributed by atoms with E-state index < -0.39 is 0 Å². The van der Waals surface area contributed by atoms with E-state index in [9.17, 15) is 4.79 Å². The molecule has 23 heavy (non-hydrogen) atoms. The van der Waals surface area contributed by atoms with Crippen molar-refractivity contribution in [3.8, 4) is 11.3 Å². The average Bonchev–Trinajstić information content (AvgIpc) is 3.05. The minimum absolute atomic E-state index is 0.113. The maximum Gasteiger partial charge on any atom is 0.225 e. The molecule has 0 radical (unpaired) electrons. The second kappa shape index (κ2) is 7.11. The Hall–Kier alpha value is -2.59. The first-order valence-corrected chi connectivity index (χ1v) is 7.64. The van der Waals surface area contributed by atoms with Gasteiger partial charge in [0.05, 0.1) is 5.02 Å². The second-order valence-corrected chi connectivity index (χ2v) is 5.48. The van der Waals surface area contributed by atoms with Gasteiger partial charge in [0.1, 0.15) is 17.3 Å². The summed E-state index contributed by atoms with van der Waals surface area (Å²) in [6, 6.07) is 17.0. The van der Waals surface area contributed by atoms with Gasteiger partial charge in [0.15, 0.2) is 0 Å². The van der Waals surface area contributed by atoms with E-state index in [1.165, 1.54) is 6.20 Å². The van der Waals surface area contributed by atoms with Crippen molar-refractivity contribution in [3.05, 3.63) is 71.6 Å². The van der Waals surface area contributed by atoms with Crippen molar-refractivity contribution in [2.45, 2.75) is 12.8 Å². The van der Waals surface area contributed by atoms with E-state index in [4.69, 9.17) is 16.0 Å². The molecule has 1 aromatic carbocycles. The summed E-state index contributed by atoms with van der Waals surface area (Å²) in [6.45, 7) is 0. The number of carbonyl (C=O) groups excluding carboxylic acids is 1. The summed E-state index contributed by atoms with van der Waals surface area (Å²) in [4.78, 5) is 16.0. The van der Waals surface area contributed by atoms with Gasteiger partial charge in [-0.05, 0) is 24.3 Å². The highest BCUT2D eigenvalue weighted by atomic mass is 35.5. The van der Waals surface area contributed by atoms with Crippen LogP contribution < -0.4 is 5.32 Å². The first-order chi connectivity index (χ1) is 11.2. The Morgan fingerprint density at radius 3 is 2.65 bits per heavy atom. The number of pyridine rings is 1. The average molecular weight is 327 g/mol. The van der Waals surface area contributed by atoms with E-state index in [1.807, 2.05) is 42.5 Å². The van der Waals surface area contributed by atoms with Crippen LogP contribution in [0.25, 0.3) is 11.3 Å². The van der Waals surface area contributed by atoms with Crippen molar-refractivity contribution in [2.24, 2.45) is 0 Å². The molecule has 5 heteroatoms. The molecule has 0 aliphatic rings. The van der Waals surface area contributed by atoms with Crippen molar-refractivity contribution >= 4 is 23.3 Å². The number of aryl methyl sites for hydroxylation is 1. The van der Waals surface area contributed by atoms with Gasteiger partial charge in [0, 0.05) is 24.6 Å². The Bertz CT molecular complexity index is 782. The van der Waals surface area contributed by atoms with E-state index in [0.717, 1.165) is 17.1 Å². The van der Waals surface area contributed by atoms with Gasteiger partial charge < -0.3 is 9.73 Å². The van der Waals surface area contributed by atoms with E-state index >= 15 is 0 Å². The lowest BCUT2D eigenvalue weighted by atomic mass is 10.2. The first-order valence-electron chi connectivity index (χ1n) is 7.26. The second-order valence-electron chi connectivity index (χ2n) is 5.04. The van der Waals surface area contributed by atoms with Crippen LogP contribution in [0, 0.1) is 0 Å². The maximum absolute atomic E-state index is 11.9. The number of amides is 1. The summed E-state index contributed by atoms with van der Waals surface area (Å²) in [5, 5.41) is 3.26. The van der Waals surface area contributed by atoms with Crippen molar-refractivity contribution in [1.82, 2.24) is 4.98 Å². The molecule has 3 rings (SSSR count). The number of halogens is 1. The molecule has 3 aromatic rings. The molecule has 0 aliphatic carbocycles. The van der Waals surface area contributed by atoms with Crippen LogP contribution in [0.1, 0.15) is 12.2 Å². The number of anilines is 1. The molecule has 4 nitrogen and oxygen atoms in total. The third kappa shape index (κ3) is 4.20. The van der Waals surface area contributed by atoms with Gasteiger partial charge in [-0.3, -0.25) is 4.79 Å². The van der Waals surface area contributed by atoms with Gasteiger partial charge in [-0.25, -0.2) is 4.98 Å². The lowest BCUT2D eigenvalue weighted by molar-refractivity contribution is -0.116. The smallest absolute Gasteiger partial charge is 0.225 e. The quantitative estimate of drug-likeness (QED) is 0.747. The summed E-state index contributed by atoms with van der Waals surface area (Å²) in [7, 11) is 0. The molecule has 0 unspecified atom stereocenters. The van der Waals surface area contributed by atoms with Crippen LogP contribution in [0.2, 0.25) is 5.02 Å². The molecule has 0 saturated carbocycles. The number of rotatable bonds is 5. The van der Waals surface area contributed by atoms with Gasteiger partial charge in [0.2, 0.25) is 5.91 Å². The fourth-order valence-electron chi connectivity index (χ4n) is 2.16. The summed E-state index contributed by atoms with van der Waals surface area (Å²) < 4.78 is 5.77. The number of carbonyl (C=O) groups is 1. The van der Waals surface area contributed by atoms with Crippen LogP contribution in [-0.2, 0) is 11.2 Å². The van der Waals surface area contributed by atoms with Crippen LogP contribution in [0.4, 0.5) is 5.82 Å². The number of nitrogens with one attached hydrogen (secondary N) is 1. The molecule has 2 heterocycles. The predicted octanol–water partition coefficient (Wildman–Crippen LogP) is 4.57. The van der Waals surface area contributed by atoms with E-state index in [2.05, 4.69) is 10.3 Å². The van der Waals surface area contributed by atoms with Crippen molar-refractivity contribution in [3.63, 3.8) is 0 Å². The number of benzene rings is 1. The minimum atomic E-state index is -0.113. The van der Waals surface area contributed by atoms with Gasteiger partial charge in [-0.15, -0.1) is 0 Å². The molecule has 2 aromatic heterocycles. The van der Waals surface area contributed by atoms with E-state index in [0.29, 0.717) is 23.7 Å². The fraction of sp³-hybridized carbons (Fsp3) is 0.111. The van der Waals surface area contributed by atoms with Gasteiger partial charge in [-0.1, -0.05) is 41.9 Å². The molecule has 1 N–H and O–H groups in total. The monoisotopic (exact) mass is 326 g/mol. The largest absolute Gasteiger partial charge is 0.461 e. The lowest BCUT2D eigenvalue weighted by Gasteiger charge is -2.03. The topological polar surface area (TPSA) is 55.1 Å². The molecule has 0 fully saturated rings. The van der Waals surface area contributed by atoms with Crippen LogP contribution in [0.15, 0.2) is 65.2 Å². The number of nitrogens with zero attached hydrogens (tertiary/aromatic N) is 1. The van der Waals surface area contributed by atoms with Crippen LogP contribution in [0.3, 0.4) is 0 Å². The summed E-state index contributed by atoms with van der Waals surface area (Å²) >= 11 is 5.75. The number of hydrogen-bond donors (Lipinski definition) is 1. The third-order valence-corrected chi connectivity index (χ3v) is 3.54. The summed E-state index contributed by atoms with van der Waals surface area (Å²) in [6.07, 6.45) is 2.36. The molecule has 0 saturated heterocycles. The number of hydrogen-bond acceptors (Lipinski definition) is 3. The molecule has 0 spiro atoms. The highest BCUT2D eigenvalue weighted by Gasteiger charge is 2.08. The highest BCUT2D eigenvalue weighted by Crippen LogP contribution is 2.22. The normalized spacial score (nSPS) is 10.5. The van der Waals surface area contributed by atoms with Crippen molar-refractivity contribution < 1.29 is 9.21 Å². The molecule has 0 bridgehead atoms. The zero-order valence-electron chi connectivity index (χ0n) is 12.3. The Balaban J connectivity index is 1.55. The van der Waals surface area contributed by atoms with Gasteiger partial charge in [-0.2, -0.15) is 0 Å². The van der Waals surface area contributed by atoms with Crippen LogP contribution in [-0.4, -0.2) is 10.9 Å². The van der Waals surface area contributed by atoms with Gasteiger partial charge in [0.25, 0.3) is 0 Å². The third-order valence-electron chi connectivity index (χ3n) is 3.31. The summed E-state index contributed by atoms with van der Waals surface area (Å²) in [5.41, 5.74) is 1.02. The number of aromatic nitrogens is 1. The Kier molecular flexibility index (Phi) is 4.74. The molecule has 116 valence electrons. The zero-order chi connectivity index (χ0) is 16.1. The first kappa shape index (κ1) is 15.3. The summed E-state index contributed by atoms with van der Waals surface area (Å²) in [5.74, 6) is 1.96. The van der Waals surface area contributed by atoms with Crippen LogP contribution >= 0.6 is 11.6 Å². The van der Waals surface area contributed by atoms with E-state index in [1.54, 1.807) is 12.1 Å². The Morgan fingerprint density at radius 2 is 1.91 bits per heavy atom. The predicted molar refractivity (Wildman–Crippen MR) is 90.3 cm³/mol. The highest BCUT2D eigenvalue weighted by molar-refractivity contribution is 6.30. The Labute approximate surface area is 139 Å². The molecular formula is C18H15ClN2O2. The molecule has 1 amide bonds. The van der Waals surface area contributed by atoms with Crippen LogP contribution in [0.5, 0.6) is 0 Å². The fourth-order valence-corrected chi connectivity index (χ4v) is 2.27. The van der Waals surface area contributed by atoms with Gasteiger partial charge >= 0.3 is 0 Å². The number of furan rings is 1. The Morgan fingerprint density at radius 1 is 1.09 bits per heavy atom. The standard InChI is InChI=1S/C18H15ClN2O2/c19-14-6-10-17(20-12-14)21-18(22)11-8-15-7-9-16(23-15)13-4-2-1-3-5-13/h1-7,9-10,12H,8,11H2,(H,20,21,22). The maximum atomic E-state index is 11.9. The van der Waals surface area contributed by atoms with E-state index in [-0.39, 0.29) is 5.91 Å². The van der Waals surface area contributed by atoms with Crippen molar-refractivity contribution in [2.75, 3.05) is 5.32 Å². The lowest BCUT2D eigenvalue weighted by Crippen LogP contribution is -2.13. The minimum Gasteiger partial charge on any atom is -0.461 e. The molecule has 0 atom stereocenters. The SMILES string of the molecule is O=C(CCc1ccc(-c2ccccc2)o1)Nc1ccc(Cl)cn1. The zero-order valence-corrected chi connectivity index (χ0v) is 13.1. The molecule has 0 aliphatic heterocycles. The molecular weight excluding hydrogens is 312 g/mol.